The number of nitrogens with one attached hydrogen (secondary N) is 1. The van der Waals surface area contributed by atoms with Crippen LogP contribution in [0.5, 0.6) is 0 Å². The molecule has 3 aromatic rings. The van der Waals surface area contributed by atoms with E-state index in [1.807, 2.05) is 24.4 Å². The van der Waals surface area contributed by atoms with Gasteiger partial charge in [-0.2, -0.15) is 5.10 Å². The zero-order chi connectivity index (χ0) is 17.7. The van der Waals surface area contributed by atoms with Crippen molar-refractivity contribution in [3.63, 3.8) is 0 Å². The topological polar surface area (TPSA) is 94.5 Å². The van der Waals surface area contributed by atoms with Crippen LogP contribution in [0.25, 0.3) is 16.6 Å². The molecule has 0 radical (unpaired) electrons. The van der Waals surface area contributed by atoms with Crippen LogP contribution in [0, 0.1) is 0 Å². The maximum atomic E-state index is 12.0. The van der Waals surface area contributed by atoms with Crippen molar-refractivity contribution in [2.75, 3.05) is 5.32 Å². The highest BCUT2D eigenvalue weighted by Gasteiger charge is 2.41. The largest absolute Gasteiger partial charge is 0.377 e. The first-order valence-corrected chi connectivity index (χ1v) is 8.82. The first-order valence-electron chi connectivity index (χ1n) is 8.82. The van der Waals surface area contributed by atoms with Gasteiger partial charge in [-0.25, -0.2) is 4.52 Å². The summed E-state index contributed by atoms with van der Waals surface area (Å²) in [6, 6.07) is 6.10. The maximum Gasteiger partial charge on any atom is 0.252 e. The second kappa shape index (κ2) is 5.81. The molecule has 3 atom stereocenters. The smallest absolute Gasteiger partial charge is 0.252 e. The molecule has 0 saturated carbocycles. The zero-order valence-electron chi connectivity index (χ0n) is 14.1. The van der Waals surface area contributed by atoms with Gasteiger partial charge in [0.15, 0.2) is 0 Å². The Bertz CT molecular complexity index is 984. The Morgan fingerprint density at radius 2 is 2.12 bits per heavy atom. The van der Waals surface area contributed by atoms with E-state index >= 15 is 0 Å². The Kier molecular flexibility index (Phi) is 3.43. The number of fused-ring (bicyclic) bond motifs is 3. The van der Waals surface area contributed by atoms with Crippen molar-refractivity contribution < 1.29 is 9.53 Å². The Morgan fingerprint density at radius 1 is 1.27 bits per heavy atom. The van der Waals surface area contributed by atoms with Gasteiger partial charge in [-0.15, -0.1) is 0 Å². The molecule has 26 heavy (non-hydrogen) atoms. The third-order valence-electron chi connectivity index (χ3n) is 5.35. The molecule has 2 saturated heterocycles. The van der Waals surface area contributed by atoms with E-state index in [2.05, 4.69) is 15.4 Å². The SMILES string of the molecule is NC(=O)c1cnn2cc(-c3ccncc3)cc2c1NC1CC2CCC1O2. The number of primary amides is 1. The number of pyridine rings is 1. The molecule has 7 nitrogen and oxygen atoms in total. The van der Waals surface area contributed by atoms with Crippen molar-refractivity contribution >= 4 is 17.1 Å². The summed E-state index contributed by atoms with van der Waals surface area (Å²) in [4.78, 5) is 16.0. The summed E-state index contributed by atoms with van der Waals surface area (Å²) >= 11 is 0. The van der Waals surface area contributed by atoms with Gasteiger partial charge < -0.3 is 15.8 Å². The second-order valence-corrected chi connectivity index (χ2v) is 6.95. The molecule has 2 bridgehead atoms. The molecule has 5 rings (SSSR count). The first-order chi connectivity index (χ1) is 12.7. The van der Waals surface area contributed by atoms with Crippen LogP contribution in [0.1, 0.15) is 29.6 Å². The summed E-state index contributed by atoms with van der Waals surface area (Å²) < 4.78 is 7.71. The van der Waals surface area contributed by atoms with Crippen LogP contribution >= 0.6 is 0 Å². The van der Waals surface area contributed by atoms with E-state index in [1.54, 1.807) is 16.9 Å². The maximum absolute atomic E-state index is 12.0. The molecule has 132 valence electrons. The second-order valence-electron chi connectivity index (χ2n) is 6.95. The number of nitrogens with zero attached hydrogens (tertiary/aromatic N) is 3. The minimum atomic E-state index is -0.488. The minimum absolute atomic E-state index is 0.192. The molecule has 3 aromatic heterocycles. The Labute approximate surface area is 150 Å². The lowest BCUT2D eigenvalue weighted by molar-refractivity contribution is 0.0997. The lowest BCUT2D eigenvalue weighted by Crippen LogP contribution is -2.32. The zero-order valence-corrected chi connectivity index (χ0v) is 14.1. The lowest BCUT2D eigenvalue weighted by Gasteiger charge is -2.22. The van der Waals surface area contributed by atoms with Crippen molar-refractivity contribution in [2.24, 2.45) is 5.73 Å². The highest BCUT2D eigenvalue weighted by molar-refractivity contribution is 6.02. The van der Waals surface area contributed by atoms with Crippen molar-refractivity contribution in [3.05, 3.63) is 48.5 Å². The van der Waals surface area contributed by atoms with Crippen molar-refractivity contribution in [1.29, 1.82) is 0 Å². The fraction of sp³-hybridized carbons (Fsp3) is 0.316. The monoisotopic (exact) mass is 349 g/mol. The molecule has 1 amide bonds. The number of carbonyl (C=O) groups excluding carboxylic acids is 1. The average Bonchev–Trinajstić information content (AvgIpc) is 3.37. The molecule has 0 aliphatic carbocycles. The Hall–Kier alpha value is -2.93. The molecule has 7 heteroatoms. The predicted octanol–water partition coefficient (Wildman–Crippen LogP) is 2.23. The standard InChI is InChI=1S/C19H19N5O2/c20-19(25)14-9-22-24-10-12(11-3-5-21-6-4-11)7-16(24)18(14)23-15-8-13-1-2-17(15)26-13/h3-7,9-10,13,15,17,23H,1-2,8H2,(H2,20,25). The Morgan fingerprint density at radius 3 is 2.81 bits per heavy atom. The van der Waals surface area contributed by atoms with Crippen LogP contribution in [0.3, 0.4) is 0 Å². The van der Waals surface area contributed by atoms with Crippen LogP contribution < -0.4 is 11.1 Å². The van der Waals surface area contributed by atoms with E-state index in [-0.39, 0.29) is 12.1 Å². The molecule has 2 aliphatic rings. The van der Waals surface area contributed by atoms with Crippen LogP contribution in [-0.2, 0) is 4.74 Å². The van der Waals surface area contributed by atoms with Crippen molar-refractivity contribution in [1.82, 2.24) is 14.6 Å². The number of ether oxygens (including phenoxy) is 1. The predicted molar refractivity (Wildman–Crippen MR) is 96.9 cm³/mol. The van der Waals surface area contributed by atoms with Gasteiger partial charge in [0.2, 0.25) is 0 Å². The fourth-order valence-electron chi connectivity index (χ4n) is 4.07. The first kappa shape index (κ1) is 15.3. The van der Waals surface area contributed by atoms with Gasteiger partial charge in [0.1, 0.15) is 0 Å². The van der Waals surface area contributed by atoms with E-state index in [1.165, 1.54) is 6.20 Å². The summed E-state index contributed by atoms with van der Waals surface area (Å²) in [7, 11) is 0. The quantitative estimate of drug-likeness (QED) is 0.753. The van der Waals surface area contributed by atoms with Crippen LogP contribution in [-0.4, -0.2) is 38.8 Å². The van der Waals surface area contributed by atoms with Gasteiger partial charge in [-0.05, 0) is 43.0 Å². The third kappa shape index (κ3) is 2.43. The van der Waals surface area contributed by atoms with Crippen LogP contribution in [0.4, 0.5) is 5.69 Å². The van der Waals surface area contributed by atoms with E-state index in [9.17, 15) is 4.79 Å². The third-order valence-corrected chi connectivity index (χ3v) is 5.35. The molecule has 0 spiro atoms. The van der Waals surface area contributed by atoms with Gasteiger partial charge in [-0.1, -0.05) is 0 Å². The number of hydrogen-bond donors (Lipinski definition) is 2. The molecule has 5 heterocycles. The van der Waals surface area contributed by atoms with E-state index in [0.29, 0.717) is 11.7 Å². The normalized spacial score (nSPS) is 24.2. The summed E-state index contributed by atoms with van der Waals surface area (Å²) in [5.41, 5.74) is 9.62. The molecular formula is C19H19N5O2. The molecule has 3 N–H and O–H groups in total. The summed E-state index contributed by atoms with van der Waals surface area (Å²) in [6.45, 7) is 0. The number of hydrogen-bond acceptors (Lipinski definition) is 5. The number of carbonyl (C=O) groups is 1. The fourth-order valence-corrected chi connectivity index (χ4v) is 4.07. The number of rotatable bonds is 4. The highest BCUT2D eigenvalue weighted by atomic mass is 16.5. The summed E-state index contributed by atoms with van der Waals surface area (Å²) in [5, 5.41) is 7.89. The molecule has 2 aliphatic heterocycles. The van der Waals surface area contributed by atoms with E-state index in [0.717, 1.165) is 41.6 Å². The summed E-state index contributed by atoms with van der Waals surface area (Å²) in [6.07, 6.45) is 10.6. The number of nitrogens with two attached hydrogens (primary N) is 1. The number of amides is 1. The van der Waals surface area contributed by atoms with E-state index < -0.39 is 5.91 Å². The molecule has 3 unspecified atom stereocenters. The van der Waals surface area contributed by atoms with Crippen molar-refractivity contribution in [3.8, 4) is 11.1 Å². The number of anilines is 1. The van der Waals surface area contributed by atoms with Gasteiger partial charge in [0.25, 0.3) is 5.91 Å². The van der Waals surface area contributed by atoms with Gasteiger partial charge in [0.05, 0.1) is 41.2 Å². The minimum Gasteiger partial charge on any atom is -0.377 e. The highest BCUT2D eigenvalue weighted by Crippen LogP contribution is 2.37. The molecule has 2 fully saturated rings. The van der Waals surface area contributed by atoms with Gasteiger partial charge in [-0.3, -0.25) is 9.78 Å². The van der Waals surface area contributed by atoms with E-state index in [4.69, 9.17) is 10.5 Å². The van der Waals surface area contributed by atoms with Gasteiger partial charge >= 0.3 is 0 Å². The Balaban J connectivity index is 1.60. The van der Waals surface area contributed by atoms with Crippen LogP contribution in [0.2, 0.25) is 0 Å². The lowest BCUT2D eigenvalue weighted by atomic mass is 9.95. The molecule has 0 aromatic carbocycles. The number of aromatic nitrogens is 3. The average molecular weight is 349 g/mol. The van der Waals surface area contributed by atoms with Crippen molar-refractivity contribution in [2.45, 2.75) is 37.5 Å². The van der Waals surface area contributed by atoms with Crippen LogP contribution in [0.15, 0.2) is 43.0 Å². The summed E-state index contributed by atoms with van der Waals surface area (Å²) in [5.74, 6) is -0.488. The van der Waals surface area contributed by atoms with Gasteiger partial charge in [0, 0.05) is 24.2 Å². The molecular weight excluding hydrogens is 330 g/mol.